The predicted octanol–water partition coefficient (Wildman–Crippen LogP) is 4.93. The van der Waals surface area contributed by atoms with Crippen molar-refractivity contribution in [3.63, 3.8) is 0 Å². The van der Waals surface area contributed by atoms with Gasteiger partial charge in [0.2, 0.25) is 5.75 Å². The van der Waals surface area contributed by atoms with E-state index in [0.717, 1.165) is 6.07 Å². The van der Waals surface area contributed by atoms with Gasteiger partial charge in [-0.1, -0.05) is 6.07 Å². The van der Waals surface area contributed by atoms with Crippen molar-refractivity contribution in [2.24, 2.45) is 5.10 Å². The molecule has 1 heterocycles. The summed E-state index contributed by atoms with van der Waals surface area (Å²) in [7, 11) is 1.24. The first-order valence-corrected chi connectivity index (χ1v) is 14.2. The maximum atomic E-state index is 13.0. The van der Waals surface area contributed by atoms with Gasteiger partial charge in [-0.3, -0.25) is 15.5 Å². The number of alkyl halides is 3. The number of ether oxygens (including phenoxy) is 4. The zero-order valence-electron chi connectivity index (χ0n) is 25.7. The number of halogens is 3. The zero-order valence-corrected chi connectivity index (χ0v) is 25.7. The monoisotopic (exact) mass is 673 g/mol. The quantitative estimate of drug-likeness (QED) is 0.0639. The minimum absolute atomic E-state index is 0.128. The topological polar surface area (TPSA) is 183 Å². The predicted molar refractivity (Wildman–Crippen MR) is 164 cm³/mol. The average Bonchev–Trinajstić information content (AvgIpc) is 3.04. The van der Waals surface area contributed by atoms with Crippen molar-refractivity contribution in [3.8, 4) is 23.0 Å². The van der Waals surface area contributed by atoms with Crippen LogP contribution in [0.3, 0.4) is 0 Å². The lowest BCUT2D eigenvalue weighted by Crippen LogP contribution is -2.45. The molecular weight excluding hydrogens is 643 g/mol. The van der Waals surface area contributed by atoms with Gasteiger partial charge in [-0.25, -0.2) is 9.59 Å². The van der Waals surface area contributed by atoms with Crippen molar-refractivity contribution < 1.29 is 51.7 Å². The molecule has 48 heavy (non-hydrogen) atoms. The molecule has 0 saturated carbocycles. The first-order valence-electron chi connectivity index (χ1n) is 14.2. The van der Waals surface area contributed by atoms with Gasteiger partial charge < -0.3 is 34.7 Å². The Morgan fingerprint density at radius 2 is 1.81 bits per heavy atom. The zero-order chi connectivity index (χ0) is 35.0. The van der Waals surface area contributed by atoms with Gasteiger partial charge in [0.05, 0.1) is 42.0 Å². The Kier molecular flexibility index (Phi) is 11.1. The summed E-state index contributed by atoms with van der Waals surface area (Å²) in [6.07, 6.45) is -4.66. The van der Waals surface area contributed by atoms with Gasteiger partial charge in [0, 0.05) is 11.8 Å². The molecule has 4 rings (SSSR count). The molecule has 0 aromatic heterocycles. The van der Waals surface area contributed by atoms with E-state index in [1.54, 1.807) is 32.0 Å². The minimum atomic E-state index is -4.75. The van der Waals surface area contributed by atoms with Crippen LogP contribution in [0.2, 0.25) is 0 Å². The standard InChI is InChI=1S/C31H30F3N5O9/c1-4-46-25-13-19(28-27(29(41)45-3)17(2)36-30(42)37-28)7-11-24(25)47-16-26(40)38-35-15-18-5-9-21(10-6-18)48-23-12-8-20(31(32,33)34)14-22(23)39(43)44/h5-15,26,28,38,40H,4,16H2,1-3H3,(H2,36,37,42)/b35-15-/t26-,28+/m1/s1. The number of hydrogen-bond acceptors (Lipinski definition) is 11. The second-order valence-corrected chi connectivity index (χ2v) is 10.0. The number of nitro benzene ring substituents is 1. The Hall–Kier alpha value is -5.84. The molecule has 2 amide bonds. The van der Waals surface area contributed by atoms with Crippen LogP contribution in [0.15, 0.2) is 77.0 Å². The number of aliphatic hydroxyl groups excluding tert-OH is 1. The number of methoxy groups -OCH3 is 1. The van der Waals surface area contributed by atoms with Crippen molar-refractivity contribution in [1.82, 2.24) is 16.1 Å². The minimum Gasteiger partial charge on any atom is -0.490 e. The summed E-state index contributed by atoms with van der Waals surface area (Å²) >= 11 is 0. The maximum absolute atomic E-state index is 13.0. The van der Waals surface area contributed by atoms with Crippen LogP contribution in [0.1, 0.15) is 36.6 Å². The highest BCUT2D eigenvalue weighted by Gasteiger charge is 2.34. The Bertz CT molecular complexity index is 1730. The normalized spacial score (nSPS) is 15.3. The van der Waals surface area contributed by atoms with Gasteiger partial charge in [-0.05, 0) is 73.5 Å². The highest BCUT2D eigenvalue weighted by Crippen LogP contribution is 2.38. The number of aliphatic hydroxyl groups is 1. The number of rotatable bonds is 13. The van der Waals surface area contributed by atoms with Crippen molar-refractivity contribution in [1.29, 1.82) is 0 Å². The number of nitrogens with one attached hydrogen (secondary N) is 3. The van der Waals surface area contributed by atoms with E-state index in [1.807, 2.05) is 0 Å². The lowest BCUT2D eigenvalue weighted by Gasteiger charge is -2.28. The number of esters is 1. The molecule has 4 N–H and O–H groups in total. The number of amides is 2. The molecule has 0 bridgehead atoms. The highest BCUT2D eigenvalue weighted by molar-refractivity contribution is 5.95. The van der Waals surface area contributed by atoms with Crippen LogP contribution < -0.4 is 30.3 Å². The Morgan fingerprint density at radius 3 is 2.46 bits per heavy atom. The molecule has 14 nitrogen and oxygen atoms in total. The van der Waals surface area contributed by atoms with Gasteiger partial charge >= 0.3 is 23.9 Å². The van der Waals surface area contributed by atoms with Crippen LogP contribution >= 0.6 is 0 Å². The second kappa shape index (κ2) is 15.2. The SMILES string of the molecule is CCOc1cc([C@@H]2NC(=O)NC(C)=C2C(=O)OC)ccc1OC[C@@H](O)N/N=C\c1ccc(Oc2ccc(C(F)(F)F)cc2[N+](=O)[O-])cc1. The number of nitrogens with zero attached hydrogens (tertiary/aromatic N) is 2. The van der Waals surface area contributed by atoms with Gasteiger partial charge in [0.1, 0.15) is 12.4 Å². The second-order valence-electron chi connectivity index (χ2n) is 10.0. The van der Waals surface area contributed by atoms with E-state index >= 15 is 0 Å². The van der Waals surface area contributed by atoms with E-state index in [2.05, 4.69) is 21.2 Å². The number of hydrogen-bond donors (Lipinski definition) is 4. The third-order valence-corrected chi connectivity index (χ3v) is 6.70. The molecule has 0 unspecified atom stereocenters. The molecule has 0 fully saturated rings. The number of benzene rings is 3. The maximum Gasteiger partial charge on any atom is 0.416 e. The molecule has 254 valence electrons. The Balaban J connectivity index is 1.36. The van der Waals surface area contributed by atoms with Gasteiger partial charge in [0.25, 0.3) is 0 Å². The molecule has 0 radical (unpaired) electrons. The fourth-order valence-electron chi connectivity index (χ4n) is 4.49. The van der Waals surface area contributed by atoms with Gasteiger partial charge in [0.15, 0.2) is 17.7 Å². The van der Waals surface area contributed by atoms with Crippen LogP contribution in [-0.4, -0.2) is 54.8 Å². The van der Waals surface area contributed by atoms with E-state index in [9.17, 15) is 38.0 Å². The average molecular weight is 674 g/mol. The molecule has 1 aliphatic heterocycles. The van der Waals surface area contributed by atoms with Crippen LogP contribution in [0.25, 0.3) is 0 Å². The summed E-state index contributed by atoms with van der Waals surface area (Å²) < 4.78 is 60.6. The van der Waals surface area contributed by atoms with Crippen molar-refractivity contribution in [2.75, 3.05) is 20.3 Å². The number of nitro groups is 1. The molecule has 2 atom stereocenters. The molecule has 1 aliphatic rings. The first kappa shape index (κ1) is 35.0. The Labute approximate surface area is 271 Å². The summed E-state index contributed by atoms with van der Waals surface area (Å²) in [5, 5.41) is 30.8. The number of carbonyl (C=O) groups excluding carboxylic acids is 2. The highest BCUT2D eigenvalue weighted by atomic mass is 19.4. The lowest BCUT2D eigenvalue weighted by molar-refractivity contribution is -0.385. The summed E-state index contributed by atoms with van der Waals surface area (Å²) in [6, 6.07) is 11.4. The number of carbonyl (C=O) groups is 2. The lowest BCUT2D eigenvalue weighted by atomic mass is 9.95. The van der Waals surface area contributed by atoms with E-state index in [-0.39, 0.29) is 36.0 Å². The Morgan fingerprint density at radius 1 is 1.10 bits per heavy atom. The van der Waals surface area contributed by atoms with Crippen LogP contribution in [0, 0.1) is 10.1 Å². The summed E-state index contributed by atoms with van der Waals surface area (Å²) in [4.78, 5) is 34.9. The fraction of sp³-hybridized carbons (Fsp3) is 0.258. The molecular formula is C31H30F3N5O9. The van der Waals surface area contributed by atoms with Gasteiger partial charge in [-0.2, -0.15) is 18.3 Å². The molecule has 0 saturated heterocycles. The van der Waals surface area contributed by atoms with E-state index in [1.165, 1.54) is 37.6 Å². The van der Waals surface area contributed by atoms with Crippen LogP contribution in [0.5, 0.6) is 23.0 Å². The van der Waals surface area contributed by atoms with Crippen LogP contribution in [-0.2, 0) is 15.7 Å². The molecule has 17 heteroatoms. The number of allylic oxidation sites excluding steroid dienone is 1. The van der Waals surface area contributed by atoms with E-state index in [0.29, 0.717) is 34.7 Å². The summed E-state index contributed by atoms with van der Waals surface area (Å²) in [5.74, 6) is -0.286. The summed E-state index contributed by atoms with van der Waals surface area (Å²) in [6.45, 7) is 3.36. The van der Waals surface area contributed by atoms with Crippen molar-refractivity contribution in [2.45, 2.75) is 32.3 Å². The molecule has 3 aromatic carbocycles. The molecule has 0 spiro atoms. The van der Waals surface area contributed by atoms with Crippen molar-refractivity contribution in [3.05, 3.63) is 98.7 Å². The molecule has 0 aliphatic carbocycles. The van der Waals surface area contributed by atoms with E-state index < -0.39 is 46.6 Å². The van der Waals surface area contributed by atoms with Crippen LogP contribution in [0.4, 0.5) is 23.7 Å². The number of hydrazone groups is 1. The molecule has 3 aromatic rings. The van der Waals surface area contributed by atoms with E-state index in [4.69, 9.17) is 18.9 Å². The third-order valence-electron chi connectivity index (χ3n) is 6.70. The largest absolute Gasteiger partial charge is 0.490 e. The van der Waals surface area contributed by atoms with Gasteiger partial charge in [-0.15, -0.1) is 0 Å². The summed E-state index contributed by atoms with van der Waals surface area (Å²) in [5.41, 5.74) is 2.10. The smallest absolute Gasteiger partial charge is 0.416 e. The number of urea groups is 1. The first-order chi connectivity index (χ1) is 22.8. The van der Waals surface area contributed by atoms with Crippen molar-refractivity contribution >= 4 is 23.9 Å². The third kappa shape index (κ3) is 8.69. The fourth-order valence-corrected chi connectivity index (χ4v) is 4.49.